The largest absolute Gasteiger partial charge is 0.445 e. The molecule has 2 aromatic carbocycles. The van der Waals surface area contributed by atoms with Gasteiger partial charge in [-0.05, 0) is 43.7 Å². The normalized spacial score (nSPS) is 19.6. The van der Waals surface area contributed by atoms with Gasteiger partial charge in [0.05, 0.1) is 6.10 Å². The van der Waals surface area contributed by atoms with Gasteiger partial charge in [-0.3, -0.25) is 0 Å². The molecule has 208 valence electrons. The van der Waals surface area contributed by atoms with Crippen molar-refractivity contribution < 1.29 is 29.0 Å². The van der Waals surface area contributed by atoms with Gasteiger partial charge in [-0.1, -0.05) is 68.1 Å². The van der Waals surface area contributed by atoms with E-state index in [1.165, 1.54) is 0 Å². The summed E-state index contributed by atoms with van der Waals surface area (Å²) < 4.78 is 10.5. The molecule has 2 fully saturated rings. The molecule has 2 saturated heterocycles. The van der Waals surface area contributed by atoms with Crippen molar-refractivity contribution in [2.24, 2.45) is 11.8 Å². The van der Waals surface area contributed by atoms with Crippen LogP contribution in [0.15, 0.2) is 60.7 Å². The number of piperidine rings is 2. The summed E-state index contributed by atoms with van der Waals surface area (Å²) in [6.45, 7) is 4.83. The molecule has 2 aliphatic heterocycles. The minimum atomic E-state index is -0.371. The van der Waals surface area contributed by atoms with Crippen LogP contribution in [0.3, 0.4) is 0 Å². The Bertz CT molecular complexity index is 969. The molecule has 8 heteroatoms. The number of likely N-dealkylation sites (tertiary alicyclic amines) is 2. The zero-order valence-electron chi connectivity index (χ0n) is 21.5. The standard InChI is InChI=1S/C15H21NO3.C14H17NO3.CH4/c1-12(17)14-8-5-9-16(10-14)15(18)19-11-13-6-3-2-4-7-13;16-10-13-7-4-8-15(9-13)14(17)18-11-12-5-2-1-3-6-12;/h2-4,6-7,12,14,17H,5,8-11H2,1H3;1-3,5-6,10,13H,4,7-9,11H2;1H4/t12-,14+;13-;/m01./s1. The Morgan fingerprint density at radius 1 is 0.868 bits per heavy atom. The predicted octanol–water partition coefficient (Wildman–Crippen LogP) is 5.29. The summed E-state index contributed by atoms with van der Waals surface area (Å²) in [5, 5.41) is 9.61. The molecule has 0 spiro atoms. The lowest BCUT2D eigenvalue weighted by molar-refractivity contribution is -0.112. The number of carbonyl (C=O) groups is 3. The monoisotopic (exact) mass is 526 g/mol. The number of hydrogen-bond donors (Lipinski definition) is 1. The van der Waals surface area contributed by atoms with E-state index >= 15 is 0 Å². The Hall–Kier alpha value is -3.39. The van der Waals surface area contributed by atoms with Crippen molar-refractivity contribution in [3.8, 4) is 0 Å². The summed E-state index contributed by atoms with van der Waals surface area (Å²) in [5.74, 6) is 0.126. The maximum absolute atomic E-state index is 12.0. The van der Waals surface area contributed by atoms with Crippen LogP contribution in [0, 0.1) is 11.8 Å². The molecule has 0 bridgehead atoms. The van der Waals surface area contributed by atoms with Gasteiger partial charge in [-0.25, -0.2) is 9.59 Å². The van der Waals surface area contributed by atoms with Gasteiger partial charge in [0, 0.05) is 38.0 Å². The molecule has 2 heterocycles. The van der Waals surface area contributed by atoms with E-state index in [0.29, 0.717) is 26.2 Å². The Kier molecular flexibility index (Phi) is 13.3. The zero-order chi connectivity index (χ0) is 26.5. The third kappa shape index (κ3) is 10.2. The van der Waals surface area contributed by atoms with Gasteiger partial charge in [0.15, 0.2) is 0 Å². The molecule has 0 aliphatic carbocycles. The van der Waals surface area contributed by atoms with E-state index in [9.17, 15) is 19.5 Å². The topological polar surface area (TPSA) is 96.4 Å². The van der Waals surface area contributed by atoms with Crippen molar-refractivity contribution in [1.29, 1.82) is 0 Å². The molecule has 8 nitrogen and oxygen atoms in total. The zero-order valence-corrected chi connectivity index (χ0v) is 21.5. The average Bonchev–Trinajstić information content (AvgIpc) is 2.96. The van der Waals surface area contributed by atoms with E-state index in [2.05, 4.69) is 0 Å². The number of aldehydes is 1. The number of ether oxygens (including phenoxy) is 2. The molecule has 3 atom stereocenters. The van der Waals surface area contributed by atoms with E-state index in [4.69, 9.17) is 9.47 Å². The van der Waals surface area contributed by atoms with Crippen LogP contribution in [0.25, 0.3) is 0 Å². The lowest BCUT2D eigenvalue weighted by Gasteiger charge is -2.33. The Morgan fingerprint density at radius 2 is 1.34 bits per heavy atom. The molecule has 0 saturated carbocycles. The maximum atomic E-state index is 12.0. The van der Waals surface area contributed by atoms with Crippen molar-refractivity contribution in [2.75, 3.05) is 26.2 Å². The van der Waals surface area contributed by atoms with Crippen LogP contribution in [0.1, 0.15) is 51.2 Å². The fourth-order valence-electron chi connectivity index (χ4n) is 4.48. The molecular formula is C30H42N2O6. The first-order chi connectivity index (χ1) is 18.0. The number of nitrogens with zero attached hydrogens (tertiary/aromatic N) is 2. The highest BCUT2D eigenvalue weighted by Gasteiger charge is 2.27. The number of aliphatic hydroxyl groups is 1. The lowest BCUT2D eigenvalue weighted by atomic mass is 9.94. The van der Waals surface area contributed by atoms with Crippen molar-refractivity contribution in [1.82, 2.24) is 9.80 Å². The second-order valence-electron chi connectivity index (χ2n) is 9.65. The summed E-state index contributed by atoms with van der Waals surface area (Å²) in [6, 6.07) is 19.2. The number of carbonyl (C=O) groups excluding carboxylic acids is 3. The molecule has 1 N–H and O–H groups in total. The van der Waals surface area contributed by atoms with Crippen LogP contribution < -0.4 is 0 Å². The summed E-state index contributed by atoms with van der Waals surface area (Å²) in [7, 11) is 0. The molecule has 4 rings (SSSR count). The lowest BCUT2D eigenvalue weighted by Crippen LogP contribution is -2.43. The molecule has 0 aromatic heterocycles. The fraction of sp³-hybridized carbons (Fsp3) is 0.500. The SMILES string of the molecule is C.C[C@H](O)[C@@H]1CCCN(C(=O)OCc2ccccc2)C1.O=C[C@@H]1CCCN(C(=O)OCc2ccccc2)C1. The van der Waals surface area contributed by atoms with Crippen molar-refractivity contribution in [3.05, 3.63) is 71.8 Å². The second-order valence-corrected chi connectivity index (χ2v) is 9.65. The Labute approximate surface area is 226 Å². The summed E-state index contributed by atoms with van der Waals surface area (Å²) in [5.41, 5.74) is 1.95. The third-order valence-electron chi connectivity index (χ3n) is 6.72. The summed E-state index contributed by atoms with van der Waals surface area (Å²) in [4.78, 5) is 37.8. The van der Waals surface area contributed by atoms with Crippen LogP contribution in [0.2, 0.25) is 0 Å². The average molecular weight is 527 g/mol. The number of benzene rings is 2. The summed E-state index contributed by atoms with van der Waals surface area (Å²) >= 11 is 0. The van der Waals surface area contributed by atoms with Gasteiger partial charge in [-0.15, -0.1) is 0 Å². The van der Waals surface area contributed by atoms with E-state index < -0.39 is 0 Å². The first-order valence-electron chi connectivity index (χ1n) is 13.0. The quantitative estimate of drug-likeness (QED) is 0.514. The maximum Gasteiger partial charge on any atom is 0.410 e. The second kappa shape index (κ2) is 16.5. The molecule has 0 unspecified atom stereocenters. The highest BCUT2D eigenvalue weighted by molar-refractivity contribution is 5.69. The van der Waals surface area contributed by atoms with Crippen LogP contribution >= 0.6 is 0 Å². The van der Waals surface area contributed by atoms with Gasteiger partial charge in [0.2, 0.25) is 0 Å². The smallest absolute Gasteiger partial charge is 0.410 e. The van der Waals surface area contributed by atoms with Gasteiger partial charge < -0.3 is 29.2 Å². The molecule has 0 radical (unpaired) electrons. The third-order valence-corrected chi connectivity index (χ3v) is 6.72. The Balaban J connectivity index is 0.000000260. The first-order valence-corrected chi connectivity index (χ1v) is 13.0. The number of aliphatic hydroxyl groups excluding tert-OH is 1. The molecule has 2 amide bonds. The minimum absolute atomic E-state index is 0. The van der Waals surface area contributed by atoms with Gasteiger partial charge in [0.1, 0.15) is 19.5 Å². The van der Waals surface area contributed by atoms with E-state index in [1.807, 2.05) is 60.7 Å². The van der Waals surface area contributed by atoms with Crippen molar-refractivity contribution in [3.63, 3.8) is 0 Å². The van der Waals surface area contributed by atoms with Gasteiger partial charge >= 0.3 is 12.2 Å². The number of hydrogen-bond acceptors (Lipinski definition) is 6. The number of amides is 2. The van der Waals surface area contributed by atoms with E-state index in [-0.39, 0.29) is 44.2 Å². The minimum Gasteiger partial charge on any atom is -0.445 e. The number of rotatable bonds is 6. The molecule has 2 aromatic rings. The Morgan fingerprint density at radius 3 is 1.82 bits per heavy atom. The van der Waals surface area contributed by atoms with Crippen LogP contribution in [0.5, 0.6) is 0 Å². The first kappa shape index (κ1) is 30.8. The van der Waals surface area contributed by atoms with Gasteiger partial charge in [0.25, 0.3) is 0 Å². The van der Waals surface area contributed by atoms with Crippen LogP contribution in [-0.4, -0.2) is 65.7 Å². The highest BCUT2D eigenvalue weighted by Crippen LogP contribution is 2.20. The highest BCUT2D eigenvalue weighted by atomic mass is 16.6. The van der Waals surface area contributed by atoms with Crippen LogP contribution in [0.4, 0.5) is 9.59 Å². The predicted molar refractivity (Wildman–Crippen MR) is 146 cm³/mol. The van der Waals surface area contributed by atoms with Crippen molar-refractivity contribution >= 4 is 18.5 Å². The van der Waals surface area contributed by atoms with E-state index in [0.717, 1.165) is 49.6 Å². The van der Waals surface area contributed by atoms with Gasteiger partial charge in [-0.2, -0.15) is 0 Å². The van der Waals surface area contributed by atoms with Crippen LogP contribution in [-0.2, 0) is 27.5 Å². The molecular weight excluding hydrogens is 484 g/mol. The van der Waals surface area contributed by atoms with Crippen molar-refractivity contribution in [2.45, 2.75) is 59.4 Å². The molecule has 2 aliphatic rings. The molecule has 38 heavy (non-hydrogen) atoms. The van der Waals surface area contributed by atoms with E-state index in [1.54, 1.807) is 16.7 Å². The summed E-state index contributed by atoms with van der Waals surface area (Å²) in [6.07, 6.45) is 3.58. The fourth-order valence-corrected chi connectivity index (χ4v) is 4.48.